The number of carbonyl (C=O) groups excluding carboxylic acids is 1. The maximum absolute atomic E-state index is 12.8. The number of hydrogen-bond donors (Lipinski definition) is 1. The molecule has 6 heteroatoms. The van der Waals surface area contributed by atoms with E-state index in [1.54, 1.807) is 25.1 Å². The van der Waals surface area contributed by atoms with Crippen LogP contribution in [0.5, 0.6) is 0 Å². The van der Waals surface area contributed by atoms with Crippen LogP contribution in [-0.4, -0.2) is 26.6 Å². The van der Waals surface area contributed by atoms with Gasteiger partial charge in [-0.2, -0.15) is 0 Å². The number of carbonyl (C=O) groups is 1. The first kappa shape index (κ1) is 22.0. The maximum atomic E-state index is 12.8. The summed E-state index contributed by atoms with van der Waals surface area (Å²) in [4.78, 5) is 12.8. The molecule has 1 amide bonds. The zero-order valence-electron chi connectivity index (χ0n) is 17.3. The molecule has 1 atom stereocenters. The Labute approximate surface area is 168 Å². The largest absolute Gasteiger partial charge is 0.350 e. The third-order valence-electron chi connectivity index (χ3n) is 4.86. The molecular weight excluding hydrogens is 372 g/mol. The van der Waals surface area contributed by atoms with Crippen molar-refractivity contribution in [2.75, 3.05) is 10.6 Å². The number of benzene rings is 2. The Hall–Kier alpha value is -2.34. The van der Waals surface area contributed by atoms with Crippen molar-refractivity contribution in [1.82, 2.24) is 5.32 Å². The quantitative estimate of drug-likeness (QED) is 0.734. The summed E-state index contributed by atoms with van der Waals surface area (Å²) >= 11 is 0. The highest BCUT2D eigenvalue weighted by molar-refractivity contribution is 7.92. The van der Waals surface area contributed by atoms with Crippen LogP contribution in [0.1, 0.15) is 43.0 Å². The highest BCUT2D eigenvalue weighted by atomic mass is 32.2. The summed E-state index contributed by atoms with van der Waals surface area (Å²) in [6.07, 6.45) is 2.93. The van der Waals surface area contributed by atoms with Gasteiger partial charge in [-0.3, -0.25) is 9.10 Å². The molecule has 0 saturated heterocycles. The molecule has 152 valence electrons. The second-order valence-corrected chi connectivity index (χ2v) is 8.96. The summed E-state index contributed by atoms with van der Waals surface area (Å²) in [5.41, 5.74) is 4.90. The van der Waals surface area contributed by atoms with Gasteiger partial charge >= 0.3 is 0 Å². The van der Waals surface area contributed by atoms with Gasteiger partial charge < -0.3 is 5.32 Å². The zero-order chi connectivity index (χ0) is 20.9. The van der Waals surface area contributed by atoms with Gasteiger partial charge in [-0.25, -0.2) is 8.42 Å². The van der Waals surface area contributed by atoms with Crippen LogP contribution in [-0.2, 0) is 34.2 Å². The monoisotopic (exact) mass is 402 g/mol. The van der Waals surface area contributed by atoms with Crippen LogP contribution in [0, 0.1) is 6.92 Å². The molecule has 1 N–H and O–H groups in total. The van der Waals surface area contributed by atoms with Crippen molar-refractivity contribution in [2.45, 2.75) is 53.1 Å². The molecule has 2 aromatic rings. The lowest BCUT2D eigenvalue weighted by molar-refractivity contribution is -0.122. The Morgan fingerprint density at radius 2 is 1.79 bits per heavy atom. The SMILES string of the molecule is CCc1ccc(CC)c(CNC(=O)[C@@H](C)N(c2cccc(C)c2)S(C)(=O)=O)c1. The first-order valence-electron chi connectivity index (χ1n) is 9.61. The zero-order valence-corrected chi connectivity index (χ0v) is 18.1. The molecule has 2 aromatic carbocycles. The minimum atomic E-state index is -3.61. The van der Waals surface area contributed by atoms with Crippen molar-refractivity contribution in [2.24, 2.45) is 0 Å². The molecule has 2 rings (SSSR count). The van der Waals surface area contributed by atoms with Crippen LogP contribution in [0.3, 0.4) is 0 Å². The third kappa shape index (κ3) is 5.35. The fourth-order valence-electron chi connectivity index (χ4n) is 3.31. The number of sulfonamides is 1. The van der Waals surface area contributed by atoms with Crippen LogP contribution in [0.25, 0.3) is 0 Å². The van der Waals surface area contributed by atoms with Gasteiger partial charge in [0, 0.05) is 6.54 Å². The van der Waals surface area contributed by atoms with Crippen molar-refractivity contribution >= 4 is 21.6 Å². The van der Waals surface area contributed by atoms with Gasteiger partial charge in [-0.15, -0.1) is 0 Å². The number of nitrogens with zero attached hydrogens (tertiary/aromatic N) is 1. The standard InChI is InChI=1S/C22H30N2O3S/c1-6-18-11-12-19(7-2)20(14-18)15-23-22(25)17(4)24(28(5,26)27)21-10-8-9-16(3)13-21/h8-14,17H,6-7,15H2,1-5H3,(H,23,25)/t17-/m1/s1. The second-order valence-electron chi connectivity index (χ2n) is 7.10. The van der Waals surface area contributed by atoms with E-state index < -0.39 is 16.1 Å². The minimum absolute atomic E-state index is 0.323. The van der Waals surface area contributed by atoms with Gasteiger partial charge in [0.2, 0.25) is 15.9 Å². The topological polar surface area (TPSA) is 66.5 Å². The van der Waals surface area contributed by atoms with Gasteiger partial charge in [0.05, 0.1) is 11.9 Å². The number of nitrogens with one attached hydrogen (secondary N) is 1. The van der Waals surface area contributed by atoms with Crippen molar-refractivity contribution in [3.63, 3.8) is 0 Å². The lowest BCUT2D eigenvalue weighted by atomic mass is 10.0. The molecule has 0 aromatic heterocycles. The summed E-state index contributed by atoms with van der Waals surface area (Å²) in [5.74, 6) is -0.323. The van der Waals surface area contributed by atoms with Crippen molar-refractivity contribution < 1.29 is 13.2 Å². The smallest absolute Gasteiger partial charge is 0.243 e. The average Bonchev–Trinajstić information content (AvgIpc) is 2.64. The summed E-state index contributed by atoms with van der Waals surface area (Å²) < 4.78 is 26.0. The fraction of sp³-hybridized carbons (Fsp3) is 0.409. The molecule has 28 heavy (non-hydrogen) atoms. The molecule has 0 bridgehead atoms. The Bertz CT molecular complexity index is 939. The molecule has 0 saturated carbocycles. The van der Waals surface area contributed by atoms with Gasteiger partial charge in [0.1, 0.15) is 6.04 Å². The average molecular weight is 403 g/mol. The summed E-state index contributed by atoms with van der Waals surface area (Å²) in [7, 11) is -3.61. The number of amides is 1. The van der Waals surface area contributed by atoms with Crippen molar-refractivity contribution in [3.05, 3.63) is 64.7 Å². The van der Waals surface area contributed by atoms with E-state index in [4.69, 9.17) is 0 Å². The van der Waals surface area contributed by atoms with E-state index in [1.807, 2.05) is 13.0 Å². The van der Waals surface area contributed by atoms with Crippen LogP contribution in [0.15, 0.2) is 42.5 Å². The first-order valence-corrected chi connectivity index (χ1v) is 11.5. The molecule has 0 unspecified atom stereocenters. The number of aryl methyl sites for hydroxylation is 3. The molecule has 0 aliphatic rings. The Morgan fingerprint density at radius 1 is 1.07 bits per heavy atom. The Balaban J connectivity index is 2.22. The van der Waals surface area contributed by atoms with Crippen LogP contribution < -0.4 is 9.62 Å². The number of rotatable bonds is 8. The predicted molar refractivity (Wildman–Crippen MR) is 115 cm³/mol. The first-order chi connectivity index (χ1) is 13.2. The molecule has 0 aliphatic heterocycles. The van der Waals surface area contributed by atoms with Crippen molar-refractivity contribution in [1.29, 1.82) is 0 Å². The molecule has 5 nitrogen and oxygen atoms in total. The second kappa shape index (κ2) is 9.24. The van der Waals surface area contributed by atoms with Crippen LogP contribution in [0.2, 0.25) is 0 Å². The minimum Gasteiger partial charge on any atom is -0.350 e. The normalized spacial score (nSPS) is 12.5. The van der Waals surface area contributed by atoms with Crippen LogP contribution >= 0.6 is 0 Å². The predicted octanol–water partition coefficient (Wildman–Crippen LogP) is 3.59. The maximum Gasteiger partial charge on any atom is 0.243 e. The highest BCUT2D eigenvalue weighted by Crippen LogP contribution is 2.22. The Kier molecular flexibility index (Phi) is 7.24. The third-order valence-corrected chi connectivity index (χ3v) is 6.10. The van der Waals surface area contributed by atoms with E-state index in [0.717, 1.165) is 30.2 Å². The van der Waals surface area contributed by atoms with E-state index in [0.29, 0.717) is 12.2 Å². The van der Waals surface area contributed by atoms with Crippen molar-refractivity contribution in [3.8, 4) is 0 Å². The molecule has 0 heterocycles. The van der Waals surface area contributed by atoms with Gasteiger partial charge in [0.25, 0.3) is 0 Å². The lowest BCUT2D eigenvalue weighted by Crippen LogP contribution is -2.47. The molecule has 0 spiro atoms. The summed E-state index contributed by atoms with van der Waals surface area (Å²) in [6, 6.07) is 12.6. The number of anilines is 1. The van der Waals surface area contributed by atoms with E-state index >= 15 is 0 Å². The number of hydrogen-bond acceptors (Lipinski definition) is 3. The van der Waals surface area contributed by atoms with E-state index in [9.17, 15) is 13.2 Å². The molecule has 0 aliphatic carbocycles. The molecule has 0 radical (unpaired) electrons. The molecular formula is C22H30N2O3S. The summed E-state index contributed by atoms with van der Waals surface area (Å²) in [6.45, 7) is 8.06. The van der Waals surface area contributed by atoms with Crippen LogP contribution in [0.4, 0.5) is 5.69 Å². The van der Waals surface area contributed by atoms with Gasteiger partial charge in [-0.1, -0.05) is 44.2 Å². The van der Waals surface area contributed by atoms with E-state index in [2.05, 4.69) is 37.4 Å². The van der Waals surface area contributed by atoms with E-state index in [-0.39, 0.29) is 5.91 Å². The van der Waals surface area contributed by atoms with Gasteiger partial charge in [-0.05, 0) is 61.1 Å². The Morgan fingerprint density at radius 3 is 2.36 bits per heavy atom. The highest BCUT2D eigenvalue weighted by Gasteiger charge is 2.29. The fourth-order valence-corrected chi connectivity index (χ4v) is 4.48. The van der Waals surface area contributed by atoms with Gasteiger partial charge in [0.15, 0.2) is 0 Å². The summed E-state index contributed by atoms with van der Waals surface area (Å²) in [5, 5.41) is 2.92. The van der Waals surface area contributed by atoms with E-state index in [1.165, 1.54) is 15.4 Å². The lowest BCUT2D eigenvalue weighted by Gasteiger charge is -2.28. The molecule has 0 fully saturated rings.